The average molecular weight is 128 g/mol. The molecule has 1 saturated heterocycles. The molecule has 3 nitrogen and oxygen atoms in total. The summed E-state index contributed by atoms with van der Waals surface area (Å²) in [5.74, 6) is 0.274. The van der Waals surface area contributed by atoms with Gasteiger partial charge in [-0.05, 0) is 5.92 Å². The number of carbonyl (C=O) groups is 1. The van der Waals surface area contributed by atoms with E-state index < -0.39 is 0 Å². The third-order valence-corrected chi connectivity index (χ3v) is 1.90. The lowest BCUT2D eigenvalue weighted by atomic mass is 9.89. The van der Waals surface area contributed by atoms with Crippen LogP contribution in [0, 0.1) is 5.92 Å². The van der Waals surface area contributed by atoms with Gasteiger partial charge >= 0.3 is 0 Å². The van der Waals surface area contributed by atoms with Crippen molar-refractivity contribution in [3.05, 3.63) is 0 Å². The van der Waals surface area contributed by atoms with E-state index >= 15 is 0 Å². The highest BCUT2D eigenvalue weighted by Crippen LogP contribution is 2.15. The summed E-state index contributed by atoms with van der Waals surface area (Å²) < 4.78 is 0. The van der Waals surface area contributed by atoms with Crippen LogP contribution in [0.5, 0.6) is 0 Å². The van der Waals surface area contributed by atoms with Crippen LogP contribution in [-0.2, 0) is 4.79 Å². The van der Waals surface area contributed by atoms with E-state index in [1.54, 1.807) is 0 Å². The van der Waals surface area contributed by atoms with Crippen LogP contribution in [0.3, 0.4) is 0 Å². The van der Waals surface area contributed by atoms with Crippen LogP contribution in [-0.4, -0.2) is 18.5 Å². The van der Waals surface area contributed by atoms with Gasteiger partial charge in [0.05, 0.1) is 6.04 Å². The minimum absolute atomic E-state index is 0.0463. The Morgan fingerprint density at radius 1 is 1.89 bits per heavy atom. The summed E-state index contributed by atoms with van der Waals surface area (Å²) in [4.78, 5) is 10.5. The first-order valence-corrected chi connectivity index (χ1v) is 3.28. The molecule has 0 spiro atoms. The molecule has 0 aromatic carbocycles. The maximum atomic E-state index is 10.5. The summed E-state index contributed by atoms with van der Waals surface area (Å²) in [5.41, 5.74) is 5.06. The van der Waals surface area contributed by atoms with Crippen LogP contribution in [0.2, 0.25) is 0 Å². The van der Waals surface area contributed by atoms with E-state index in [4.69, 9.17) is 5.73 Å². The van der Waals surface area contributed by atoms with E-state index in [9.17, 15) is 4.79 Å². The molecule has 0 aliphatic carbocycles. The Morgan fingerprint density at radius 2 is 2.56 bits per heavy atom. The van der Waals surface area contributed by atoms with Gasteiger partial charge in [0.25, 0.3) is 0 Å². The quantitative estimate of drug-likeness (QED) is 0.525. The number of hydrogen-bond acceptors (Lipinski definition) is 2. The van der Waals surface area contributed by atoms with Gasteiger partial charge in [0.1, 0.15) is 0 Å². The first-order valence-electron chi connectivity index (χ1n) is 3.28. The monoisotopic (exact) mass is 128 g/mol. The molecule has 1 heterocycles. The normalized spacial score (nSPS) is 33.4. The summed E-state index contributed by atoms with van der Waals surface area (Å²) in [6.45, 7) is 3.02. The van der Waals surface area contributed by atoms with Crippen molar-refractivity contribution in [3.8, 4) is 0 Å². The van der Waals surface area contributed by atoms with Crippen LogP contribution in [0.4, 0.5) is 0 Å². The van der Waals surface area contributed by atoms with E-state index in [0.29, 0.717) is 5.92 Å². The minimum atomic E-state index is -0.215. The molecular formula is C6H12N2O. The first kappa shape index (κ1) is 6.55. The second-order valence-electron chi connectivity index (χ2n) is 2.46. The number of nitrogens with one attached hydrogen (secondary N) is 1. The standard InChI is InChI=1S/C6H12N2O/c1-2-4-3-8-5(4)6(7)9/h4-5,8H,2-3H2,1H3,(H2,7,9)/t4?,5-/m1/s1. The van der Waals surface area contributed by atoms with Gasteiger partial charge in [-0.15, -0.1) is 0 Å². The summed E-state index contributed by atoms with van der Waals surface area (Å²) in [6, 6.07) is -0.0463. The van der Waals surface area contributed by atoms with Crippen molar-refractivity contribution < 1.29 is 4.79 Å². The second kappa shape index (κ2) is 2.35. The third-order valence-electron chi connectivity index (χ3n) is 1.90. The van der Waals surface area contributed by atoms with Gasteiger partial charge in [0.15, 0.2) is 0 Å². The lowest BCUT2D eigenvalue weighted by Gasteiger charge is -2.34. The van der Waals surface area contributed by atoms with Gasteiger partial charge in [0.2, 0.25) is 5.91 Å². The van der Waals surface area contributed by atoms with Crippen molar-refractivity contribution in [1.29, 1.82) is 0 Å². The van der Waals surface area contributed by atoms with Gasteiger partial charge in [-0.1, -0.05) is 13.3 Å². The fourth-order valence-electron chi connectivity index (χ4n) is 1.12. The van der Waals surface area contributed by atoms with E-state index in [-0.39, 0.29) is 11.9 Å². The zero-order valence-corrected chi connectivity index (χ0v) is 5.55. The maximum Gasteiger partial charge on any atom is 0.234 e. The smallest absolute Gasteiger partial charge is 0.234 e. The van der Waals surface area contributed by atoms with Crippen molar-refractivity contribution in [1.82, 2.24) is 5.32 Å². The predicted molar refractivity (Wildman–Crippen MR) is 34.8 cm³/mol. The molecule has 9 heavy (non-hydrogen) atoms. The fraction of sp³-hybridized carbons (Fsp3) is 0.833. The molecular weight excluding hydrogens is 116 g/mol. The van der Waals surface area contributed by atoms with Crippen molar-refractivity contribution in [2.45, 2.75) is 19.4 Å². The van der Waals surface area contributed by atoms with Gasteiger partial charge in [-0.25, -0.2) is 0 Å². The molecule has 1 amide bonds. The molecule has 1 unspecified atom stereocenters. The van der Waals surface area contributed by atoms with Crippen molar-refractivity contribution in [2.75, 3.05) is 6.54 Å². The minimum Gasteiger partial charge on any atom is -0.368 e. The maximum absolute atomic E-state index is 10.5. The molecule has 3 N–H and O–H groups in total. The van der Waals surface area contributed by atoms with Crippen molar-refractivity contribution in [2.24, 2.45) is 11.7 Å². The van der Waals surface area contributed by atoms with Crippen LogP contribution < -0.4 is 11.1 Å². The molecule has 0 aromatic rings. The molecule has 0 bridgehead atoms. The van der Waals surface area contributed by atoms with E-state index in [1.807, 2.05) is 0 Å². The van der Waals surface area contributed by atoms with Gasteiger partial charge in [-0.3, -0.25) is 4.79 Å². The summed E-state index contributed by atoms with van der Waals surface area (Å²) in [6.07, 6.45) is 1.04. The molecule has 3 heteroatoms. The molecule has 1 rings (SSSR count). The zero-order valence-electron chi connectivity index (χ0n) is 5.55. The number of rotatable bonds is 2. The number of nitrogens with two attached hydrogens (primary N) is 1. The van der Waals surface area contributed by atoms with Crippen LogP contribution in [0.15, 0.2) is 0 Å². The molecule has 2 atom stereocenters. The SMILES string of the molecule is CCC1CN[C@H]1C(N)=O. The number of hydrogen-bond donors (Lipinski definition) is 2. The van der Waals surface area contributed by atoms with Crippen LogP contribution in [0.25, 0.3) is 0 Å². The number of primary amides is 1. The Morgan fingerprint density at radius 3 is 2.67 bits per heavy atom. The Hall–Kier alpha value is -0.570. The predicted octanol–water partition coefficient (Wildman–Crippen LogP) is -0.530. The summed E-state index contributed by atoms with van der Waals surface area (Å²) in [7, 11) is 0. The fourth-order valence-corrected chi connectivity index (χ4v) is 1.12. The van der Waals surface area contributed by atoms with Crippen molar-refractivity contribution >= 4 is 5.91 Å². The molecule has 1 aliphatic heterocycles. The largest absolute Gasteiger partial charge is 0.368 e. The van der Waals surface area contributed by atoms with E-state index in [2.05, 4.69) is 12.2 Å². The lowest BCUT2D eigenvalue weighted by Crippen LogP contribution is -2.59. The van der Waals surface area contributed by atoms with Gasteiger partial charge < -0.3 is 11.1 Å². The topological polar surface area (TPSA) is 55.1 Å². The lowest BCUT2D eigenvalue weighted by molar-refractivity contribution is -0.123. The van der Waals surface area contributed by atoms with Crippen LogP contribution >= 0.6 is 0 Å². The summed E-state index contributed by atoms with van der Waals surface area (Å²) >= 11 is 0. The molecule has 0 radical (unpaired) electrons. The highest BCUT2D eigenvalue weighted by molar-refractivity contribution is 5.81. The average Bonchev–Trinajstić information content (AvgIpc) is 1.61. The number of carbonyl (C=O) groups excluding carboxylic acids is 1. The van der Waals surface area contributed by atoms with E-state index in [1.165, 1.54) is 0 Å². The highest BCUT2D eigenvalue weighted by Gasteiger charge is 2.32. The molecule has 1 fully saturated rings. The Labute approximate surface area is 54.6 Å². The second-order valence-corrected chi connectivity index (χ2v) is 2.46. The highest BCUT2D eigenvalue weighted by atomic mass is 16.1. The Kier molecular flexibility index (Phi) is 1.71. The Balaban J connectivity index is 2.35. The van der Waals surface area contributed by atoms with Crippen LogP contribution in [0.1, 0.15) is 13.3 Å². The summed E-state index contributed by atoms with van der Waals surface area (Å²) in [5, 5.41) is 2.97. The van der Waals surface area contributed by atoms with E-state index in [0.717, 1.165) is 13.0 Å². The Bertz CT molecular complexity index is 122. The molecule has 0 aromatic heterocycles. The van der Waals surface area contributed by atoms with Gasteiger partial charge in [0, 0.05) is 6.54 Å². The number of amides is 1. The molecule has 0 saturated carbocycles. The first-order chi connectivity index (χ1) is 4.25. The third kappa shape index (κ3) is 1.05. The molecule has 1 aliphatic rings. The van der Waals surface area contributed by atoms with Gasteiger partial charge in [-0.2, -0.15) is 0 Å². The zero-order chi connectivity index (χ0) is 6.85. The molecule has 52 valence electrons. The van der Waals surface area contributed by atoms with Crippen molar-refractivity contribution in [3.63, 3.8) is 0 Å².